The van der Waals surface area contributed by atoms with Crippen molar-refractivity contribution in [3.8, 4) is 0 Å². The van der Waals surface area contributed by atoms with Crippen LogP contribution in [0.3, 0.4) is 0 Å². The number of pyridine rings is 1. The Morgan fingerprint density at radius 3 is 2.86 bits per heavy atom. The molecule has 1 N–H and O–H groups in total. The molecule has 22 heavy (non-hydrogen) atoms. The zero-order valence-corrected chi connectivity index (χ0v) is 13.1. The summed E-state index contributed by atoms with van der Waals surface area (Å²) in [7, 11) is 0. The topological polar surface area (TPSA) is 56.7 Å². The number of rotatable bonds is 5. The van der Waals surface area contributed by atoms with Crippen LogP contribution in [0, 0.1) is 0 Å². The van der Waals surface area contributed by atoms with E-state index >= 15 is 0 Å². The monoisotopic (exact) mass is 303 g/mol. The molecule has 1 atom stereocenters. The van der Waals surface area contributed by atoms with Crippen LogP contribution in [0.2, 0.25) is 0 Å². The van der Waals surface area contributed by atoms with E-state index in [0.29, 0.717) is 38.9 Å². The van der Waals surface area contributed by atoms with Crippen molar-refractivity contribution in [2.24, 2.45) is 0 Å². The van der Waals surface area contributed by atoms with Crippen LogP contribution < -0.4 is 0 Å². The molecule has 120 valence electrons. The molecule has 0 saturated carbocycles. The third kappa shape index (κ3) is 3.84. The highest BCUT2D eigenvalue weighted by Crippen LogP contribution is 2.25. The van der Waals surface area contributed by atoms with Crippen LogP contribution >= 0.6 is 0 Å². The van der Waals surface area contributed by atoms with Crippen LogP contribution in [0.25, 0.3) is 0 Å². The van der Waals surface area contributed by atoms with Gasteiger partial charge in [0.2, 0.25) is 5.91 Å². The summed E-state index contributed by atoms with van der Waals surface area (Å²) in [6.45, 7) is 4.03. The Kier molecular flexibility index (Phi) is 4.74. The van der Waals surface area contributed by atoms with E-state index < -0.39 is 5.60 Å². The maximum Gasteiger partial charge on any atom is 0.223 e. The van der Waals surface area contributed by atoms with Gasteiger partial charge in [-0.05, 0) is 50.4 Å². The number of aromatic nitrogens is 1. The normalized spacial score (nSPS) is 25.8. The second kappa shape index (κ2) is 6.75. The van der Waals surface area contributed by atoms with Crippen molar-refractivity contribution in [3.05, 3.63) is 30.1 Å². The molecule has 2 saturated heterocycles. The number of amides is 1. The lowest BCUT2D eigenvalue weighted by atomic mass is 10.0. The van der Waals surface area contributed by atoms with Gasteiger partial charge in [0.15, 0.2) is 0 Å². The first-order valence-corrected chi connectivity index (χ1v) is 8.26. The van der Waals surface area contributed by atoms with Gasteiger partial charge in [-0.2, -0.15) is 0 Å². The first-order chi connectivity index (χ1) is 10.6. The summed E-state index contributed by atoms with van der Waals surface area (Å²) in [5, 5.41) is 10.7. The van der Waals surface area contributed by atoms with E-state index in [1.807, 2.05) is 17.0 Å². The van der Waals surface area contributed by atoms with E-state index in [2.05, 4.69) is 9.88 Å². The molecule has 0 bridgehead atoms. The highest BCUT2D eigenvalue weighted by Gasteiger charge is 2.39. The van der Waals surface area contributed by atoms with Crippen molar-refractivity contribution in [1.29, 1.82) is 0 Å². The molecule has 5 heteroatoms. The fourth-order valence-electron chi connectivity index (χ4n) is 3.51. The van der Waals surface area contributed by atoms with Crippen molar-refractivity contribution in [2.75, 3.05) is 32.7 Å². The van der Waals surface area contributed by atoms with Gasteiger partial charge in [0, 0.05) is 31.9 Å². The smallest absolute Gasteiger partial charge is 0.223 e. The van der Waals surface area contributed by atoms with Gasteiger partial charge in [-0.1, -0.05) is 6.07 Å². The van der Waals surface area contributed by atoms with Gasteiger partial charge >= 0.3 is 0 Å². The van der Waals surface area contributed by atoms with Crippen molar-refractivity contribution < 1.29 is 9.90 Å². The number of likely N-dealkylation sites (tertiary alicyclic amines) is 2. The van der Waals surface area contributed by atoms with Crippen LogP contribution in [0.15, 0.2) is 24.5 Å². The zero-order valence-electron chi connectivity index (χ0n) is 13.1. The van der Waals surface area contributed by atoms with Gasteiger partial charge in [0.25, 0.3) is 0 Å². The van der Waals surface area contributed by atoms with E-state index in [-0.39, 0.29) is 5.91 Å². The molecule has 1 aromatic rings. The third-order valence-electron chi connectivity index (χ3n) is 4.75. The Morgan fingerprint density at radius 1 is 1.32 bits per heavy atom. The highest BCUT2D eigenvalue weighted by molar-refractivity contribution is 5.76. The average molecular weight is 303 g/mol. The van der Waals surface area contributed by atoms with E-state index in [0.717, 1.165) is 18.7 Å². The van der Waals surface area contributed by atoms with Crippen LogP contribution in [0.5, 0.6) is 0 Å². The number of carbonyl (C=O) groups excluding carboxylic acids is 1. The Hall–Kier alpha value is -1.46. The molecule has 1 amide bonds. The fourth-order valence-corrected chi connectivity index (χ4v) is 3.51. The summed E-state index contributed by atoms with van der Waals surface area (Å²) in [4.78, 5) is 20.5. The van der Waals surface area contributed by atoms with Gasteiger partial charge in [-0.3, -0.25) is 9.78 Å². The van der Waals surface area contributed by atoms with Crippen LogP contribution in [-0.4, -0.2) is 64.1 Å². The standard InChI is InChI=1S/C17H25N3O2/c21-16(6-5-15-4-3-8-18-12-15)20-11-7-17(22,14-20)13-19-9-1-2-10-19/h3-4,8,12,22H,1-2,5-7,9-11,13-14H2. The summed E-state index contributed by atoms with van der Waals surface area (Å²) in [6, 6.07) is 3.89. The van der Waals surface area contributed by atoms with Crippen molar-refractivity contribution >= 4 is 5.91 Å². The molecule has 0 aliphatic carbocycles. The third-order valence-corrected chi connectivity index (χ3v) is 4.75. The van der Waals surface area contributed by atoms with Crippen molar-refractivity contribution in [3.63, 3.8) is 0 Å². The zero-order chi connectivity index (χ0) is 15.4. The summed E-state index contributed by atoms with van der Waals surface area (Å²) >= 11 is 0. The van der Waals surface area contributed by atoms with Gasteiger partial charge in [-0.15, -0.1) is 0 Å². The van der Waals surface area contributed by atoms with Crippen LogP contribution in [0.4, 0.5) is 0 Å². The van der Waals surface area contributed by atoms with Crippen molar-refractivity contribution in [1.82, 2.24) is 14.8 Å². The highest BCUT2D eigenvalue weighted by atomic mass is 16.3. The molecule has 1 aromatic heterocycles. The maximum absolute atomic E-state index is 12.3. The summed E-state index contributed by atoms with van der Waals surface area (Å²) in [5.41, 5.74) is 0.372. The quantitative estimate of drug-likeness (QED) is 0.884. The summed E-state index contributed by atoms with van der Waals surface area (Å²) < 4.78 is 0. The molecule has 3 heterocycles. The first kappa shape index (κ1) is 15.4. The second-order valence-electron chi connectivity index (χ2n) is 6.63. The lowest BCUT2D eigenvalue weighted by Gasteiger charge is -2.28. The molecule has 3 rings (SSSR count). The molecule has 2 aliphatic heterocycles. The Bertz CT molecular complexity index is 502. The molecule has 2 aliphatic rings. The minimum Gasteiger partial charge on any atom is -0.387 e. The Morgan fingerprint density at radius 2 is 2.14 bits per heavy atom. The number of hydrogen-bond acceptors (Lipinski definition) is 4. The summed E-state index contributed by atoms with van der Waals surface area (Å²) in [6.07, 6.45) is 7.90. The van der Waals surface area contributed by atoms with Gasteiger partial charge in [0.1, 0.15) is 0 Å². The number of nitrogens with zero attached hydrogens (tertiary/aromatic N) is 3. The van der Waals surface area contributed by atoms with Crippen LogP contribution in [0.1, 0.15) is 31.2 Å². The van der Waals surface area contributed by atoms with Gasteiger partial charge < -0.3 is 14.9 Å². The minimum absolute atomic E-state index is 0.140. The van der Waals surface area contributed by atoms with Crippen LogP contribution in [-0.2, 0) is 11.2 Å². The second-order valence-corrected chi connectivity index (χ2v) is 6.63. The molecule has 2 fully saturated rings. The Labute approximate surface area is 131 Å². The molecule has 1 unspecified atom stereocenters. The van der Waals surface area contributed by atoms with Gasteiger partial charge in [-0.25, -0.2) is 0 Å². The molecule has 5 nitrogen and oxygen atoms in total. The fraction of sp³-hybridized carbons (Fsp3) is 0.647. The Balaban J connectivity index is 1.47. The number of β-amino-alcohol motifs (C(OH)–C–C–N with tert-alkyl or cyclic N) is 1. The van der Waals surface area contributed by atoms with Gasteiger partial charge in [0.05, 0.1) is 12.1 Å². The predicted molar refractivity (Wildman–Crippen MR) is 84.4 cm³/mol. The van der Waals surface area contributed by atoms with Crippen molar-refractivity contribution in [2.45, 2.75) is 37.7 Å². The van der Waals surface area contributed by atoms with E-state index in [4.69, 9.17) is 0 Å². The summed E-state index contributed by atoms with van der Waals surface area (Å²) in [5.74, 6) is 0.140. The largest absolute Gasteiger partial charge is 0.387 e. The average Bonchev–Trinajstić information content (AvgIpc) is 3.16. The molecular formula is C17H25N3O2. The lowest BCUT2D eigenvalue weighted by molar-refractivity contribution is -0.131. The van der Waals surface area contributed by atoms with E-state index in [9.17, 15) is 9.90 Å². The SMILES string of the molecule is O=C(CCc1cccnc1)N1CCC(O)(CN2CCCC2)C1. The first-order valence-electron chi connectivity index (χ1n) is 8.26. The van der Waals surface area contributed by atoms with E-state index in [1.165, 1.54) is 12.8 Å². The number of aliphatic hydroxyl groups is 1. The molecule has 0 radical (unpaired) electrons. The predicted octanol–water partition coefficient (Wildman–Crippen LogP) is 1.07. The number of hydrogen-bond donors (Lipinski definition) is 1. The maximum atomic E-state index is 12.3. The van der Waals surface area contributed by atoms with E-state index in [1.54, 1.807) is 12.4 Å². The minimum atomic E-state index is -0.714. The molecule has 0 aromatic carbocycles. The molecular weight excluding hydrogens is 278 g/mol. The molecule has 0 spiro atoms. The lowest BCUT2D eigenvalue weighted by Crippen LogP contribution is -2.45. The number of carbonyl (C=O) groups is 1. The number of aryl methyl sites for hydroxylation is 1.